The van der Waals surface area contributed by atoms with Crippen molar-refractivity contribution in [2.75, 3.05) is 45.1 Å². The number of hydrogen-bond donors (Lipinski definition) is 2. The number of ether oxygens (including phenoxy) is 1. The zero-order valence-corrected chi connectivity index (χ0v) is 22.0. The Hall–Kier alpha value is -1.70. The molecule has 1 fully saturated rings. The van der Waals surface area contributed by atoms with E-state index in [-0.39, 0.29) is 17.2 Å². The van der Waals surface area contributed by atoms with Crippen LogP contribution in [0.5, 0.6) is 0 Å². The Morgan fingerprint density at radius 2 is 1.59 bits per heavy atom. The monoisotopic (exact) mass is 461 g/mol. The maximum atomic E-state index is 13.1. The Balaban J connectivity index is 2.33. The Morgan fingerprint density at radius 3 is 2.09 bits per heavy atom. The summed E-state index contributed by atoms with van der Waals surface area (Å²) < 4.78 is 5.37. The first kappa shape index (κ1) is 26.5. The highest BCUT2D eigenvalue weighted by Crippen LogP contribution is 2.51. The van der Waals surface area contributed by atoms with Gasteiger partial charge in [-0.1, -0.05) is 41.5 Å². The lowest BCUT2D eigenvalue weighted by atomic mass is 10.0. The molecule has 0 spiro atoms. The number of rotatable bonds is 10. The van der Waals surface area contributed by atoms with Crippen LogP contribution in [0.2, 0.25) is 16.6 Å². The second kappa shape index (κ2) is 11.4. The standard InChI is InChI=1S/C25H43N3O3Si/c1-17(2)32(18(3)4,19(5)6)24(20(7)29)21-14-22(16-23(26)15-21)25(30)27-8-9-28-10-12-31-13-11-28/h14-19,24H,8-13,26H2,1-7H3,(H,27,30). The molecule has 2 rings (SSSR count). The lowest BCUT2D eigenvalue weighted by Gasteiger charge is -2.48. The number of anilines is 1. The molecule has 1 heterocycles. The molecule has 1 aliphatic heterocycles. The molecule has 1 aromatic carbocycles. The molecule has 1 saturated heterocycles. The largest absolute Gasteiger partial charge is 0.399 e. The summed E-state index contributed by atoms with van der Waals surface area (Å²) in [5.74, 6) is 0.0389. The van der Waals surface area contributed by atoms with Gasteiger partial charge in [-0.25, -0.2) is 0 Å². The van der Waals surface area contributed by atoms with Gasteiger partial charge >= 0.3 is 0 Å². The Kier molecular flexibility index (Phi) is 9.49. The maximum absolute atomic E-state index is 13.1. The number of nitrogens with two attached hydrogens (primary N) is 1. The number of carbonyl (C=O) groups excluding carboxylic acids is 2. The number of morpholine rings is 1. The fraction of sp³-hybridized carbons (Fsp3) is 0.680. The average molecular weight is 462 g/mol. The zero-order chi connectivity index (χ0) is 24.1. The molecule has 1 aliphatic rings. The highest BCUT2D eigenvalue weighted by Gasteiger charge is 2.51. The highest BCUT2D eigenvalue weighted by atomic mass is 28.3. The quantitative estimate of drug-likeness (QED) is 0.402. The van der Waals surface area contributed by atoms with Crippen LogP contribution < -0.4 is 11.1 Å². The number of carbonyl (C=O) groups is 2. The first-order chi connectivity index (χ1) is 15.0. The predicted octanol–water partition coefficient (Wildman–Crippen LogP) is 4.22. The van der Waals surface area contributed by atoms with E-state index in [4.69, 9.17) is 10.5 Å². The lowest BCUT2D eigenvalue weighted by molar-refractivity contribution is -0.117. The third-order valence-corrected chi connectivity index (χ3v) is 15.0. The summed E-state index contributed by atoms with van der Waals surface area (Å²) in [6.07, 6.45) is 0. The normalized spacial score (nSPS) is 16.6. The molecule has 1 atom stereocenters. The van der Waals surface area contributed by atoms with Crippen molar-refractivity contribution >= 4 is 25.5 Å². The molecule has 3 N–H and O–H groups in total. The van der Waals surface area contributed by atoms with Gasteiger partial charge in [-0.2, -0.15) is 0 Å². The van der Waals surface area contributed by atoms with Crippen LogP contribution in [0.1, 0.15) is 69.9 Å². The van der Waals surface area contributed by atoms with Crippen molar-refractivity contribution in [3.05, 3.63) is 29.3 Å². The lowest BCUT2D eigenvalue weighted by Crippen LogP contribution is -2.53. The molecule has 0 aliphatic carbocycles. The van der Waals surface area contributed by atoms with Gasteiger partial charge in [-0.3, -0.25) is 14.5 Å². The molecule has 0 saturated carbocycles. The average Bonchev–Trinajstić information content (AvgIpc) is 2.70. The molecule has 7 heteroatoms. The molecule has 0 aromatic heterocycles. The van der Waals surface area contributed by atoms with E-state index < -0.39 is 8.07 Å². The van der Waals surface area contributed by atoms with E-state index >= 15 is 0 Å². The van der Waals surface area contributed by atoms with Crippen molar-refractivity contribution in [1.29, 1.82) is 0 Å². The van der Waals surface area contributed by atoms with E-state index in [0.717, 1.165) is 38.4 Å². The molecular formula is C25H43N3O3Si. The van der Waals surface area contributed by atoms with Gasteiger partial charge in [0.05, 0.1) is 21.3 Å². The van der Waals surface area contributed by atoms with Gasteiger partial charge < -0.3 is 15.8 Å². The summed E-state index contributed by atoms with van der Waals surface area (Å²) in [4.78, 5) is 28.4. The first-order valence-electron chi connectivity index (χ1n) is 12.0. The smallest absolute Gasteiger partial charge is 0.251 e. The summed E-state index contributed by atoms with van der Waals surface area (Å²) in [7, 11) is -2.14. The summed E-state index contributed by atoms with van der Waals surface area (Å²) in [5.41, 5.74) is 9.30. The van der Waals surface area contributed by atoms with Crippen molar-refractivity contribution in [3.63, 3.8) is 0 Å². The summed E-state index contributed by atoms with van der Waals surface area (Å²) in [6.45, 7) is 19.9. The number of ketones is 1. The predicted molar refractivity (Wildman–Crippen MR) is 135 cm³/mol. The van der Waals surface area contributed by atoms with Crippen LogP contribution in [0.3, 0.4) is 0 Å². The molecule has 1 aromatic rings. The minimum Gasteiger partial charge on any atom is -0.399 e. The highest BCUT2D eigenvalue weighted by molar-refractivity contribution is 6.87. The first-order valence-corrected chi connectivity index (χ1v) is 14.3. The van der Waals surface area contributed by atoms with Crippen LogP contribution in [0, 0.1) is 0 Å². The summed E-state index contributed by atoms with van der Waals surface area (Å²) >= 11 is 0. The Bertz CT molecular complexity index is 767. The van der Waals surface area contributed by atoms with Crippen LogP contribution in [0.4, 0.5) is 5.69 Å². The minimum absolute atomic E-state index is 0.139. The van der Waals surface area contributed by atoms with Crippen LogP contribution in [0.25, 0.3) is 0 Å². The topological polar surface area (TPSA) is 84.7 Å². The number of nitrogen functional groups attached to an aromatic ring is 1. The van der Waals surface area contributed by atoms with Crippen LogP contribution in [-0.2, 0) is 9.53 Å². The third-order valence-electron chi connectivity index (χ3n) is 7.30. The molecule has 1 unspecified atom stereocenters. The fourth-order valence-corrected chi connectivity index (χ4v) is 13.6. The van der Waals surface area contributed by atoms with Gasteiger partial charge in [0.15, 0.2) is 0 Å². The van der Waals surface area contributed by atoms with E-state index in [9.17, 15) is 9.59 Å². The van der Waals surface area contributed by atoms with Crippen LogP contribution in [-0.4, -0.2) is 64.1 Å². The van der Waals surface area contributed by atoms with Crippen molar-refractivity contribution in [2.45, 2.75) is 70.6 Å². The van der Waals surface area contributed by atoms with Crippen molar-refractivity contribution in [1.82, 2.24) is 10.2 Å². The number of amides is 1. The molecule has 0 bridgehead atoms. The zero-order valence-electron chi connectivity index (χ0n) is 21.0. The number of Topliss-reactive ketones (excluding diaryl/α,β-unsaturated/α-hetero) is 1. The molecule has 0 radical (unpaired) electrons. The van der Waals surface area contributed by atoms with E-state index in [2.05, 4.69) is 51.8 Å². The molecule has 180 valence electrons. The molecule has 32 heavy (non-hydrogen) atoms. The van der Waals surface area contributed by atoms with Crippen molar-refractivity contribution in [3.8, 4) is 0 Å². The number of nitrogens with one attached hydrogen (secondary N) is 1. The second-order valence-electron chi connectivity index (χ2n) is 10.1. The van der Waals surface area contributed by atoms with Crippen molar-refractivity contribution in [2.24, 2.45) is 0 Å². The number of hydrogen-bond acceptors (Lipinski definition) is 5. The minimum atomic E-state index is -2.14. The van der Waals surface area contributed by atoms with Gasteiger partial charge in [0.25, 0.3) is 5.91 Å². The maximum Gasteiger partial charge on any atom is 0.251 e. The van der Waals surface area contributed by atoms with E-state index in [1.54, 1.807) is 13.0 Å². The number of benzene rings is 1. The van der Waals surface area contributed by atoms with Gasteiger partial charge in [-0.05, 0) is 47.3 Å². The van der Waals surface area contributed by atoms with Crippen LogP contribution >= 0.6 is 0 Å². The molecular weight excluding hydrogens is 418 g/mol. The molecule has 6 nitrogen and oxygen atoms in total. The van der Waals surface area contributed by atoms with E-state index in [1.807, 2.05) is 12.1 Å². The Morgan fingerprint density at radius 1 is 1.03 bits per heavy atom. The second-order valence-corrected chi connectivity index (χ2v) is 16.1. The fourth-order valence-electron chi connectivity index (χ4n) is 6.10. The number of nitrogens with zero attached hydrogens (tertiary/aromatic N) is 1. The SMILES string of the molecule is CC(=O)C(c1cc(N)cc(C(=O)NCCN2CCOCC2)c1)[Si](C(C)C)(C(C)C)C(C)C. The third kappa shape index (κ3) is 5.80. The van der Waals surface area contributed by atoms with E-state index in [0.29, 0.717) is 34.4 Å². The van der Waals surface area contributed by atoms with Crippen molar-refractivity contribution < 1.29 is 14.3 Å². The van der Waals surface area contributed by atoms with Gasteiger partial charge in [-0.15, -0.1) is 0 Å². The van der Waals surface area contributed by atoms with Crippen LogP contribution in [0.15, 0.2) is 18.2 Å². The Labute approximate surface area is 195 Å². The van der Waals surface area contributed by atoms with Gasteiger partial charge in [0.1, 0.15) is 5.78 Å². The van der Waals surface area contributed by atoms with Gasteiger partial charge in [0.2, 0.25) is 0 Å². The van der Waals surface area contributed by atoms with E-state index in [1.165, 1.54) is 0 Å². The van der Waals surface area contributed by atoms with Gasteiger partial charge in [0, 0.05) is 43.0 Å². The summed E-state index contributed by atoms with van der Waals surface area (Å²) in [6, 6.07) is 5.53. The summed E-state index contributed by atoms with van der Waals surface area (Å²) in [5, 5.41) is 3.03. The molecule has 1 amide bonds.